The average Bonchev–Trinajstić information content (AvgIpc) is 2.76. The molecule has 120 valence electrons. The fourth-order valence-corrected chi connectivity index (χ4v) is 2.15. The number of fused-ring (bicyclic) bond motifs is 1. The standard InChI is InChI=1S/C15H23N5O2/c1-9-7-13-16-8-12(11(3)20(13)19-9)10(2)17-18-14(21)22-15(4,5)6/h7-8,10,17H,1-6H3,(H,18,21). The summed E-state index contributed by atoms with van der Waals surface area (Å²) < 4.78 is 6.98. The van der Waals surface area contributed by atoms with Crippen molar-refractivity contribution < 1.29 is 9.53 Å². The van der Waals surface area contributed by atoms with Crippen molar-refractivity contribution in [2.75, 3.05) is 0 Å². The molecule has 0 aliphatic rings. The van der Waals surface area contributed by atoms with Gasteiger partial charge in [-0.05, 0) is 41.5 Å². The predicted molar refractivity (Wildman–Crippen MR) is 83.4 cm³/mol. The van der Waals surface area contributed by atoms with Crippen LogP contribution in [0.5, 0.6) is 0 Å². The Morgan fingerprint density at radius 1 is 1.36 bits per heavy atom. The number of amides is 1. The minimum Gasteiger partial charge on any atom is -0.443 e. The molecule has 0 aliphatic carbocycles. The van der Waals surface area contributed by atoms with Gasteiger partial charge in [-0.1, -0.05) is 0 Å². The number of nitrogens with zero attached hydrogens (tertiary/aromatic N) is 3. The zero-order valence-electron chi connectivity index (χ0n) is 13.9. The Labute approximate surface area is 130 Å². The first-order chi connectivity index (χ1) is 10.2. The first-order valence-corrected chi connectivity index (χ1v) is 7.24. The fourth-order valence-electron chi connectivity index (χ4n) is 2.15. The highest BCUT2D eigenvalue weighted by molar-refractivity contribution is 5.67. The molecule has 7 heteroatoms. The van der Waals surface area contributed by atoms with Crippen molar-refractivity contribution in [3.8, 4) is 0 Å². The molecule has 0 fully saturated rings. The Morgan fingerprint density at radius 3 is 2.68 bits per heavy atom. The van der Waals surface area contributed by atoms with E-state index in [-0.39, 0.29) is 6.04 Å². The molecule has 1 unspecified atom stereocenters. The summed E-state index contributed by atoms with van der Waals surface area (Å²) in [5, 5.41) is 4.41. The van der Waals surface area contributed by atoms with Crippen LogP contribution < -0.4 is 10.9 Å². The van der Waals surface area contributed by atoms with Gasteiger partial charge in [0.25, 0.3) is 0 Å². The summed E-state index contributed by atoms with van der Waals surface area (Å²) in [5.74, 6) is 0. The molecule has 0 saturated carbocycles. The van der Waals surface area contributed by atoms with Crippen molar-refractivity contribution in [2.45, 2.75) is 53.2 Å². The van der Waals surface area contributed by atoms with Gasteiger partial charge in [-0.3, -0.25) is 5.43 Å². The Kier molecular flexibility index (Phi) is 4.37. The van der Waals surface area contributed by atoms with Crippen LogP contribution >= 0.6 is 0 Å². The third kappa shape index (κ3) is 3.73. The van der Waals surface area contributed by atoms with Gasteiger partial charge in [0.05, 0.1) is 11.7 Å². The van der Waals surface area contributed by atoms with E-state index < -0.39 is 11.7 Å². The second-order valence-electron chi connectivity index (χ2n) is 6.35. The summed E-state index contributed by atoms with van der Waals surface area (Å²) in [7, 11) is 0. The Balaban J connectivity index is 2.08. The summed E-state index contributed by atoms with van der Waals surface area (Å²) >= 11 is 0. The third-order valence-corrected chi connectivity index (χ3v) is 3.14. The summed E-state index contributed by atoms with van der Waals surface area (Å²) in [4.78, 5) is 16.1. The van der Waals surface area contributed by atoms with Gasteiger partial charge in [0, 0.05) is 23.5 Å². The third-order valence-electron chi connectivity index (χ3n) is 3.14. The summed E-state index contributed by atoms with van der Waals surface area (Å²) in [5.41, 5.74) is 8.60. The maximum atomic E-state index is 11.7. The number of carbonyl (C=O) groups is 1. The lowest BCUT2D eigenvalue weighted by Crippen LogP contribution is -2.42. The molecule has 0 aromatic carbocycles. The highest BCUT2D eigenvalue weighted by atomic mass is 16.6. The molecule has 0 bridgehead atoms. The molecule has 0 radical (unpaired) electrons. The van der Waals surface area contributed by atoms with Crippen LogP contribution in [0, 0.1) is 13.8 Å². The van der Waals surface area contributed by atoms with Crippen molar-refractivity contribution >= 4 is 11.7 Å². The second-order valence-corrected chi connectivity index (χ2v) is 6.35. The van der Waals surface area contributed by atoms with E-state index in [2.05, 4.69) is 20.9 Å². The largest absolute Gasteiger partial charge is 0.443 e. The van der Waals surface area contributed by atoms with Gasteiger partial charge in [-0.15, -0.1) is 0 Å². The van der Waals surface area contributed by atoms with Crippen LogP contribution in [-0.2, 0) is 4.74 Å². The number of hydrazine groups is 1. The molecule has 22 heavy (non-hydrogen) atoms. The van der Waals surface area contributed by atoms with Gasteiger partial charge in [-0.25, -0.2) is 19.7 Å². The number of hydrogen-bond acceptors (Lipinski definition) is 5. The number of ether oxygens (including phenoxy) is 1. The molecule has 0 aliphatic heterocycles. The number of aryl methyl sites for hydroxylation is 2. The van der Waals surface area contributed by atoms with Gasteiger partial charge in [-0.2, -0.15) is 5.10 Å². The quantitative estimate of drug-likeness (QED) is 0.851. The summed E-state index contributed by atoms with van der Waals surface area (Å²) in [6.45, 7) is 11.3. The van der Waals surface area contributed by atoms with E-state index in [9.17, 15) is 4.79 Å². The van der Waals surface area contributed by atoms with E-state index in [4.69, 9.17) is 4.74 Å². The van der Waals surface area contributed by atoms with Crippen LogP contribution in [0.4, 0.5) is 4.79 Å². The molecule has 2 N–H and O–H groups in total. The molecule has 1 atom stereocenters. The lowest BCUT2D eigenvalue weighted by Gasteiger charge is -2.22. The maximum Gasteiger partial charge on any atom is 0.422 e. The van der Waals surface area contributed by atoms with E-state index >= 15 is 0 Å². The first kappa shape index (κ1) is 16.2. The van der Waals surface area contributed by atoms with E-state index in [1.54, 1.807) is 10.7 Å². The number of hydrogen-bond donors (Lipinski definition) is 2. The van der Waals surface area contributed by atoms with E-state index in [0.717, 1.165) is 22.6 Å². The highest BCUT2D eigenvalue weighted by Crippen LogP contribution is 2.17. The van der Waals surface area contributed by atoms with Gasteiger partial charge in [0.2, 0.25) is 0 Å². The molecule has 2 heterocycles. The summed E-state index contributed by atoms with van der Waals surface area (Å²) in [6, 6.07) is 1.79. The molecule has 0 spiro atoms. The van der Waals surface area contributed by atoms with Gasteiger partial charge in [0.15, 0.2) is 5.65 Å². The van der Waals surface area contributed by atoms with Crippen LogP contribution in [0.25, 0.3) is 5.65 Å². The lowest BCUT2D eigenvalue weighted by molar-refractivity contribution is 0.0489. The van der Waals surface area contributed by atoms with Crippen LogP contribution in [0.15, 0.2) is 12.3 Å². The summed E-state index contributed by atoms with van der Waals surface area (Å²) in [6.07, 6.45) is 1.28. The minimum atomic E-state index is -0.530. The van der Waals surface area contributed by atoms with Crippen molar-refractivity contribution in [3.63, 3.8) is 0 Å². The van der Waals surface area contributed by atoms with Gasteiger partial charge < -0.3 is 4.74 Å². The molecule has 2 rings (SSSR count). The van der Waals surface area contributed by atoms with Crippen LogP contribution in [0.2, 0.25) is 0 Å². The van der Waals surface area contributed by atoms with Gasteiger partial charge in [0.1, 0.15) is 5.60 Å². The number of aromatic nitrogens is 3. The highest BCUT2D eigenvalue weighted by Gasteiger charge is 2.18. The number of rotatable bonds is 3. The zero-order valence-corrected chi connectivity index (χ0v) is 13.9. The molecule has 0 saturated heterocycles. The Bertz CT molecular complexity index is 687. The molecular formula is C15H23N5O2. The normalized spacial score (nSPS) is 13.2. The van der Waals surface area contributed by atoms with E-state index in [1.807, 2.05) is 47.6 Å². The second kappa shape index (κ2) is 5.92. The number of nitrogens with one attached hydrogen (secondary N) is 2. The fraction of sp³-hybridized carbons (Fsp3) is 0.533. The Hall–Kier alpha value is -2.15. The molecule has 2 aromatic heterocycles. The Morgan fingerprint density at radius 2 is 2.05 bits per heavy atom. The maximum absolute atomic E-state index is 11.7. The van der Waals surface area contributed by atoms with Crippen molar-refractivity contribution in [1.82, 2.24) is 25.4 Å². The molecular weight excluding hydrogens is 282 g/mol. The average molecular weight is 305 g/mol. The van der Waals surface area contributed by atoms with Gasteiger partial charge >= 0.3 is 6.09 Å². The van der Waals surface area contributed by atoms with Crippen molar-refractivity contribution in [1.29, 1.82) is 0 Å². The van der Waals surface area contributed by atoms with Crippen LogP contribution in [0.3, 0.4) is 0 Å². The van der Waals surface area contributed by atoms with Crippen LogP contribution in [0.1, 0.15) is 50.7 Å². The molecule has 1 amide bonds. The monoisotopic (exact) mass is 305 g/mol. The van der Waals surface area contributed by atoms with Crippen molar-refractivity contribution in [2.24, 2.45) is 0 Å². The SMILES string of the molecule is Cc1cc2ncc(C(C)NNC(=O)OC(C)(C)C)c(C)n2n1. The topological polar surface area (TPSA) is 80.5 Å². The van der Waals surface area contributed by atoms with Crippen LogP contribution in [-0.4, -0.2) is 26.3 Å². The van der Waals surface area contributed by atoms with E-state index in [1.165, 1.54) is 0 Å². The molecule has 7 nitrogen and oxygen atoms in total. The smallest absolute Gasteiger partial charge is 0.422 e. The van der Waals surface area contributed by atoms with Crippen molar-refractivity contribution in [3.05, 3.63) is 29.2 Å². The number of carbonyl (C=O) groups excluding carboxylic acids is 1. The minimum absolute atomic E-state index is 0.131. The molecule has 2 aromatic rings. The van der Waals surface area contributed by atoms with E-state index in [0.29, 0.717) is 0 Å². The lowest BCUT2D eigenvalue weighted by atomic mass is 10.1. The first-order valence-electron chi connectivity index (χ1n) is 7.24. The predicted octanol–water partition coefficient (Wildman–Crippen LogP) is 2.44. The zero-order chi connectivity index (χ0) is 16.5.